The first-order chi connectivity index (χ1) is 10.4. The summed E-state index contributed by atoms with van der Waals surface area (Å²) in [7, 11) is -3.97. The van der Waals surface area contributed by atoms with Gasteiger partial charge in [-0.25, -0.2) is 13.1 Å². The number of H-pyrrole nitrogens is 1. The van der Waals surface area contributed by atoms with E-state index in [-0.39, 0.29) is 10.7 Å². The van der Waals surface area contributed by atoms with Gasteiger partial charge < -0.3 is 4.98 Å². The van der Waals surface area contributed by atoms with Crippen molar-refractivity contribution < 1.29 is 17.2 Å². The second-order valence-electron chi connectivity index (χ2n) is 4.41. The first kappa shape index (κ1) is 14.8. The van der Waals surface area contributed by atoms with E-state index in [1.807, 2.05) is 0 Å². The molecule has 1 aromatic carbocycles. The quantitative estimate of drug-likeness (QED) is 0.761. The number of hydrogen-bond acceptors (Lipinski definition) is 3. The molecule has 2 heterocycles. The zero-order valence-electron chi connectivity index (χ0n) is 10.8. The summed E-state index contributed by atoms with van der Waals surface area (Å²) >= 11 is 5.84. The molecule has 2 N–H and O–H groups in total. The number of benzene rings is 1. The third-order valence-corrected chi connectivity index (χ3v) is 4.57. The van der Waals surface area contributed by atoms with Crippen LogP contribution in [0.25, 0.3) is 10.9 Å². The van der Waals surface area contributed by atoms with Crippen LogP contribution in [0.3, 0.4) is 0 Å². The van der Waals surface area contributed by atoms with Gasteiger partial charge in [-0.05, 0) is 18.2 Å². The van der Waals surface area contributed by atoms with Crippen molar-refractivity contribution in [2.75, 3.05) is 4.72 Å². The molecule has 116 valence electrons. The third kappa shape index (κ3) is 2.64. The minimum atomic E-state index is -3.97. The molecule has 3 aromatic rings. The molecule has 0 bridgehead atoms. The highest BCUT2D eigenvalue weighted by Gasteiger charge is 2.20. The summed E-state index contributed by atoms with van der Waals surface area (Å²) in [4.78, 5) is 2.77. The Labute approximate surface area is 128 Å². The summed E-state index contributed by atoms with van der Waals surface area (Å²) in [6.07, 6.45) is 2.28. The van der Waals surface area contributed by atoms with Crippen LogP contribution < -0.4 is 4.72 Å². The van der Waals surface area contributed by atoms with Gasteiger partial charge in [-0.3, -0.25) is 4.72 Å². The van der Waals surface area contributed by atoms with Crippen LogP contribution in [0.2, 0.25) is 5.02 Å². The number of nitrogens with zero attached hydrogens (tertiary/aromatic N) is 2. The molecule has 0 aliphatic carbocycles. The lowest BCUT2D eigenvalue weighted by molar-refractivity contribution is 0.0569. The molecule has 0 unspecified atom stereocenters. The molecule has 0 amide bonds. The van der Waals surface area contributed by atoms with Crippen LogP contribution in [0.4, 0.5) is 14.6 Å². The number of halogens is 3. The second-order valence-corrected chi connectivity index (χ2v) is 6.49. The second kappa shape index (κ2) is 5.25. The van der Waals surface area contributed by atoms with Crippen molar-refractivity contribution in [1.29, 1.82) is 0 Å². The van der Waals surface area contributed by atoms with Gasteiger partial charge in [0.1, 0.15) is 4.90 Å². The Balaban J connectivity index is 1.97. The van der Waals surface area contributed by atoms with Gasteiger partial charge in [0.2, 0.25) is 0 Å². The SMILES string of the molecule is O=S(=O)(Nc1ccn(C(F)F)n1)c1c[nH]c2cc(Cl)ccc12. The number of sulfonamides is 1. The molecule has 0 saturated carbocycles. The predicted molar refractivity (Wildman–Crippen MR) is 77.6 cm³/mol. The number of rotatable bonds is 4. The Bertz CT molecular complexity index is 936. The summed E-state index contributed by atoms with van der Waals surface area (Å²) < 4.78 is 52.1. The first-order valence-corrected chi connectivity index (χ1v) is 7.86. The van der Waals surface area contributed by atoms with Gasteiger partial charge in [0.15, 0.2) is 5.82 Å². The standard InChI is InChI=1S/C12H9ClF2N4O2S/c13-7-1-2-8-9(5-7)16-6-10(8)22(20,21)18-11-3-4-19(17-11)12(14)15/h1-6,12,16H,(H,17,18). The highest BCUT2D eigenvalue weighted by atomic mass is 35.5. The summed E-state index contributed by atoms with van der Waals surface area (Å²) in [5, 5.41) is 4.34. The van der Waals surface area contributed by atoms with Gasteiger partial charge in [0.05, 0.1) is 0 Å². The molecular formula is C12H9ClF2N4O2S. The minimum absolute atomic E-state index is 0.0224. The maximum Gasteiger partial charge on any atom is 0.333 e. The fraction of sp³-hybridized carbons (Fsp3) is 0.0833. The van der Waals surface area contributed by atoms with E-state index in [9.17, 15) is 17.2 Å². The van der Waals surface area contributed by atoms with Crippen molar-refractivity contribution in [2.45, 2.75) is 11.4 Å². The van der Waals surface area contributed by atoms with Gasteiger partial charge in [-0.15, -0.1) is 5.10 Å². The van der Waals surface area contributed by atoms with E-state index in [4.69, 9.17) is 11.6 Å². The summed E-state index contributed by atoms with van der Waals surface area (Å²) in [5.41, 5.74) is 0.547. The van der Waals surface area contributed by atoms with Crippen molar-refractivity contribution in [3.05, 3.63) is 41.7 Å². The van der Waals surface area contributed by atoms with Crippen molar-refractivity contribution in [3.63, 3.8) is 0 Å². The Morgan fingerprint density at radius 3 is 2.77 bits per heavy atom. The highest BCUT2D eigenvalue weighted by Crippen LogP contribution is 2.26. The average Bonchev–Trinajstić information content (AvgIpc) is 3.04. The number of aromatic amines is 1. The lowest BCUT2D eigenvalue weighted by Crippen LogP contribution is -2.13. The highest BCUT2D eigenvalue weighted by molar-refractivity contribution is 7.93. The molecule has 0 spiro atoms. The summed E-state index contributed by atoms with van der Waals surface area (Å²) in [6, 6.07) is 5.85. The molecule has 2 aromatic heterocycles. The van der Waals surface area contributed by atoms with Crippen molar-refractivity contribution in [3.8, 4) is 0 Å². The zero-order valence-corrected chi connectivity index (χ0v) is 12.4. The van der Waals surface area contributed by atoms with Crippen LogP contribution in [0.5, 0.6) is 0 Å². The topological polar surface area (TPSA) is 79.8 Å². The van der Waals surface area contributed by atoms with Gasteiger partial charge >= 0.3 is 6.55 Å². The molecule has 0 aliphatic rings. The van der Waals surface area contributed by atoms with Crippen LogP contribution in [0.15, 0.2) is 41.6 Å². The molecule has 0 atom stereocenters. The zero-order chi connectivity index (χ0) is 15.9. The van der Waals surface area contributed by atoms with Gasteiger partial charge in [0, 0.05) is 34.4 Å². The lowest BCUT2D eigenvalue weighted by atomic mass is 10.2. The number of aromatic nitrogens is 3. The summed E-state index contributed by atoms with van der Waals surface area (Å²) in [5.74, 6) is -0.191. The monoisotopic (exact) mass is 346 g/mol. The van der Waals surface area contributed by atoms with Crippen LogP contribution in [0.1, 0.15) is 6.55 Å². The Morgan fingerprint density at radius 2 is 2.09 bits per heavy atom. The molecule has 6 nitrogen and oxygen atoms in total. The van der Waals surface area contributed by atoms with E-state index in [2.05, 4.69) is 14.8 Å². The van der Waals surface area contributed by atoms with Crippen LogP contribution in [-0.2, 0) is 10.0 Å². The molecule has 0 saturated heterocycles. The Morgan fingerprint density at radius 1 is 1.32 bits per heavy atom. The largest absolute Gasteiger partial charge is 0.360 e. The van der Waals surface area contributed by atoms with E-state index in [1.165, 1.54) is 6.20 Å². The van der Waals surface area contributed by atoms with Crippen LogP contribution >= 0.6 is 11.6 Å². The molecule has 10 heteroatoms. The molecular weight excluding hydrogens is 338 g/mol. The molecule has 3 rings (SSSR count). The smallest absolute Gasteiger partial charge is 0.333 e. The Hall–Kier alpha value is -2.13. The van der Waals surface area contributed by atoms with Crippen molar-refractivity contribution in [2.24, 2.45) is 0 Å². The normalized spacial score (nSPS) is 12.2. The number of hydrogen-bond donors (Lipinski definition) is 2. The Kier molecular flexibility index (Phi) is 3.53. The van der Waals surface area contributed by atoms with E-state index in [1.54, 1.807) is 18.2 Å². The van der Waals surface area contributed by atoms with Crippen molar-refractivity contribution >= 4 is 38.3 Å². The van der Waals surface area contributed by atoms with Gasteiger partial charge in [0.25, 0.3) is 10.0 Å². The van der Waals surface area contributed by atoms with Crippen LogP contribution in [-0.4, -0.2) is 23.2 Å². The van der Waals surface area contributed by atoms with Gasteiger partial charge in [-0.1, -0.05) is 11.6 Å². The predicted octanol–water partition coefficient (Wildman–Crippen LogP) is 3.21. The molecule has 0 aliphatic heterocycles. The number of alkyl halides is 2. The number of nitrogens with one attached hydrogen (secondary N) is 2. The average molecular weight is 347 g/mol. The van der Waals surface area contributed by atoms with Crippen LogP contribution in [0, 0.1) is 0 Å². The maximum absolute atomic E-state index is 12.4. The molecule has 0 radical (unpaired) electrons. The lowest BCUT2D eigenvalue weighted by Gasteiger charge is -2.04. The minimum Gasteiger partial charge on any atom is -0.360 e. The van der Waals surface area contributed by atoms with E-state index in [0.717, 1.165) is 12.3 Å². The third-order valence-electron chi connectivity index (χ3n) is 2.94. The van der Waals surface area contributed by atoms with E-state index >= 15 is 0 Å². The molecule has 22 heavy (non-hydrogen) atoms. The first-order valence-electron chi connectivity index (χ1n) is 5.99. The summed E-state index contributed by atoms with van der Waals surface area (Å²) in [6.45, 7) is -2.84. The fourth-order valence-electron chi connectivity index (χ4n) is 1.99. The maximum atomic E-state index is 12.4. The van der Waals surface area contributed by atoms with E-state index in [0.29, 0.717) is 20.6 Å². The van der Waals surface area contributed by atoms with E-state index < -0.39 is 16.6 Å². The van der Waals surface area contributed by atoms with Crippen molar-refractivity contribution in [1.82, 2.24) is 14.8 Å². The number of fused-ring (bicyclic) bond motifs is 1. The fourth-order valence-corrected chi connectivity index (χ4v) is 3.34. The molecule has 0 fully saturated rings. The van der Waals surface area contributed by atoms with Gasteiger partial charge in [-0.2, -0.15) is 8.78 Å². The number of anilines is 1.